The average molecular weight is 485 g/mol. The highest BCUT2D eigenvalue weighted by atomic mass is 35.5. The second-order valence-corrected chi connectivity index (χ2v) is 13.0. The highest BCUT2D eigenvalue weighted by molar-refractivity contribution is 8.00. The summed E-state index contributed by atoms with van der Waals surface area (Å²) in [7, 11) is 1.72. The maximum atomic E-state index is 12.8. The number of carbonyl (C=O) groups is 1. The average Bonchev–Trinajstić information content (AvgIpc) is 2.99. The third kappa shape index (κ3) is 5.96. The Morgan fingerprint density at radius 3 is 2.24 bits per heavy atom. The van der Waals surface area contributed by atoms with E-state index < -0.39 is 5.41 Å². The predicted molar refractivity (Wildman–Crippen MR) is 144 cm³/mol. The lowest BCUT2D eigenvalue weighted by Crippen LogP contribution is -2.36. The van der Waals surface area contributed by atoms with Crippen LogP contribution in [0.1, 0.15) is 71.2 Å². The van der Waals surface area contributed by atoms with Crippen molar-refractivity contribution < 1.29 is 4.79 Å². The van der Waals surface area contributed by atoms with Gasteiger partial charge in [0.2, 0.25) is 5.91 Å². The standard InChI is InChI=1S/C28H37ClN2OS/c1-18(2)20-11-14-23-22(15-20)25(33-27(3,4)5)24(16-28(6,7)26(32)30-8)31(23)17-19-9-12-21(29)13-10-19/h9-15,18H,16-17H2,1-8H3,(H,30,32). The van der Waals surface area contributed by atoms with Crippen LogP contribution in [0, 0.1) is 5.41 Å². The van der Waals surface area contributed by atoms with Crippen molar-refractivity contribution in [1.82, 2.24) is 9.88 Å². The van der Waals surface area contributed by atoms with Gasteiger partial charge < -0.3 is 9.88 Å². The minimum atomic E-state index is -0.533. The molecule has 3 rings (SSSR count). The van der Waals surface area contributed by atoms with Crippen molar-refractivity contribution in [1.29, 1.82) is 0 Å². The van der Waals surface area contributed by atoms with E-state index in [2.05, 4.69) is 74.8 Å². The van der Waals surface area contributed by atoms with Crippen molar-refractivity contribution in [2.45, 2.75) is 77.0 Å². The van der Waals surface area contributed by atoms with Gasteiger partial charge in [0.05, 0.1) is 0 Å². The molecule has 0 aliphatic carbocycles. The summed E-state index contributed by atoms with van der Waals surface area (Å²) < 4.78 is 2.45. The van der Waals surface area contributed by atoms with Crippen molar-refractivity contribution in [3.8, 4) is 0 Å². The van der Waals surface area contributed by atoms with Crippen LogP contribution in [0.15, 0.2) is 47.4 Å². The molecule has 0 aliphatic rings. The molecule has 3 aromatic rings. The second-order valence-electron chi connectivity index (χ2n) is 10.8. The monoisotopic (exact) mass is 484 g/mol. The number of hydrogen-bond donors (Lipinski definition) is 1. The number of nitrogens with zero attached hydrogens (tertiary/aromatic N) is 1. The van der Waals surface area contributed by atoms with E-state index in [1.54, 1.807) is 7.05 Å². The van der Waals surface area contributed by atoms with E-state index in [1.807, 2.05) is 37.7 Å². The van der Waals surface area contributed by atoms with Gasteiger partial charge in [0.15, 0.2) is 0 Å². The molecule has 0 spiro atoms. The predicted octanol–water partition coefficient (Wildman–Crippen LogP) is 7.67. The second kappa shape index (κ2) is 9.76. The van der Waals surface area contributed by atoms with Gasteiger partial charge >= 0.3 is 0 Å². The number of amides is 1. The van der Waals surface area contributed by atoms with Crippen LogP contribution in [0.5, 0.6) is 0 Å². The number of carbonyl (C=O) groups excluding carboxylic acids is 1. The maximum Gasteiger partial charge on any atom is 0.225 e. The number of aromatic nitrogens is 1. The van der Waals surface area contributed by atoms with E-state index in [0.29, 0.717) is 12.3 Å². The summed E-state index contributed by atoms with van der Waals surface area (Å²) >= 11 is 8.05. The number of thioether (sulfide) groups is 1. The lowest BCUT2D eigenvalue weighted by molar-refractivity contribution is -0.128. The largest absolute Gasteiger partial charge is 0.359 e. The number of halogens is 1. The van der Waals surface area contributed by atoms with Crippen LogP contribution in [0.3, 0.4) is 0 Å². The molecule has 0 fully saturated rings. The Morgan fingerprint density at radius 1 is 1.06 bits per heavy atom. The molecule has 0 bridgehead atoms. The molecule has 1 heterocycles. The van der Waals surface area contributed by atoms with Crippen LogP contribution < -0.4 is 5.32 Å². The van der Waals surface area contributed by atoms with Crippen LogP contribution in [0.2, 0.25) is 5.02 Å². The summed E-state index contributed by atoms with van der Waals surface area (Å²) in [6.45, 7) is 16.0. The number of benzene rings is 2. The van der Waals surface area contributed by atoms with Gasteiger partial charge in [-0.1, -0.05) is 78.3 Å². The molecule has 0 saturated carbocycles. The molecular weight excluding hydrogens is 448 g/mol. The van der Waals surface area contributed by atoms with Crippen LogP contribution >= 0.6 is 23.4 Å². The quantitative estimate of drug-likeness (QED) is 0.349. The van der Waals surface area contributed by atoms with Crippen molar-refractivity contribution in [2.24, 2.45) is 5.41 Å². The fourth-order valence-corrected chi connectivity index (χ4v) is 5.45. The van der Waals surface area contributed by atoms with Crippen LogP contribution in [-0.2, 0) is 17.8 Å². The van der Waals surface area contributed by atoms with Gasteiger partial charge in [0.1, 0.15) is 0 Å². The summed E-state index contributed by atoms with van der Waals surface area (Å²) in [5, 5.41) is 4.87. The molecule has 2 aromatic carbocycles. The smallest absolute Gasteiger partial charge is 0.225 e. The molecule has 5 heteroatoms. The molecule has 1 amide bonds. The Balaban J connectivity index is 2.29. The fourth-order valence-electron chi connectivity index (χ4n) is 4.14. The summed E-state index contributed by atoms with van der Waals surface area (Å²) in [5.41, 5.74) is 4.42. The van der Waals surface area contributed by atoms with Crippen LogP contribution in [0.25, 0.3) is 10.9 Å². The minimum absolute atomic E-state index is 0.0408. The first-order valence-corrected chi connectivity index (χ1v) is 12.8. The van der Waals surface area contributed by atoms with E-state index in [-0.39, 0.29) is 10.7 Å². The third-order valence-corrected chi connectivity index (χ3v) is 7.45. The summed E-state index contributed by atoms with van der Waals surface area (Å²) in [4.78, 5) is 14.0. The zero-order valence-electron chi connectivity index (χ0n) is 21.2. The van der Waals surface area contributed by atoms with Crippen molar-refractivity contribution in [3.05, 3.63) is 64.3 Å². The lowest BCUT2D eigenvalue weighted by Gasteiger charge is -2.26. The van der Waals surface area contributed by atoms with Crippen LogP contribution in [0.4, 0.5) is 0 Å². The first-order chi connectivity index (χ1) is 15.3. The Kier molecular flexibility index (Phi) is 7.60. The van der Waals surface area contributed by atoms with Crippen molar-refractivity contribution in [3.63, 3.8) is 0 Å². The highest BCUT2D eigenvalue weighted by Crippen LogP contribution is 2.44. The molecule has 33 heavy (non-hydrogen) atoms. The van der Waals surface area contributed by atoms with Crippen molar-refractivity contribution >= 4 is 40.2 Å². The van der Waals surface area contributed by atoms with E-state index in [1.165, 1.54) is 32.6 Å². The fraction of sp³-hybridized carbons (Fsp3) is 0.464. The lowest BCUT2D eigenvalue weighted by atomic mass is 9.86. The Hall–Kier alpha value is -1.91. The number of hydrogen-bond acceptors (Lipinski definition) is 2. The van der Waals surface area contributed by atoms with Gasteiger partial charge in [-0.25, -0.2) is 0 Å². The zero-order valence-corrected chi connectivity index (χ0v) is 22.7. The SMILES string of the molecule is CNC(=O)C(C)(C)Cc1c(SC(C)(C)C)c2cc(C(C)C)ccc2n1Cc1ccc(Cl)cc1. The van der Waals surface area contributed by atoms with Gasteiger partial charge in [-0.2, -0.15) is 0 Å². The Bertz CT molecular complexity index is 1140. The summed E-state index contributed by atoms with van der Waals surface area (Å²) in [5.74, 6) is 0.507. The molecule has 178 valence electrons. The highest BCUT2D eigenvalue weighted by Gasteiger charge is 2.32. The number of nitrogens with one attached hydrogen (secondary N) is 1. The van der Waals surface area contributed by atoms with E-state index in [9.17, 15) is 4.79 Å². The summed E-state index contributed by atoms with van der Waals surface area (Å²) in [6.07, 6.45) is 0.657. The molecular formula is C28H37ClN2OS. The van der Waals surface area contributed by atoms with Gasteiger partial charge in [0, 0.05) is 56.7 Å². The summed E-state index contributed by atoms with van der Waals surface area (Å²) in [6, 6.07) is 14.9. The molecule has 1 N–H and O–H groups in total. The minimum Gasteiger partial charge on any atom is -0.359 e. The van der Waals surface area contributed by atoms with E-state index >= 15 is 0 Å². The van der Waals surface area contributed by atoms with Gasteiger partial charge in [-0.3, -0.25) is 4.79 Å². The Labute approximate surface area is 208 Å². The molecule has 0 radical (unpaired) electrons. The van der Waals surface area contributed by atoms with Gasteiger partial charge in [0.25, 0.3) is 0 Å². The zero-order chi connectivity index (χ0) is 24.6. The first-order valence-electron chi connectivity index (χ1n) is 11.6. The van der Waals surface area contributed by atoms with Crippen molar-refractivity contribution in [2.75, 3.05) is 7.05 Å². The molecule has 0 saturated heterocycles. The molecule has 0 atom stereocenters. The van der Waals surface area contributed by atoms with Gasteiger partial charge in [-0.05, 0) is 41.3 Å². The van der Waals surface area contributed by atoms with E-state index in [4.69, 9.17) is 11.6 Å². The first kappa shape index (κ1) is 25.7. The molecule has 1 aromatic heterocycles. The van der Waals surface area contributed by atoms with E-state index in [0.717, 1.165) is 11.6 Å². The maximum absolute atomic E-state index is 12.8. The molecule has 0 aliphatic heterocycles. The third-order valence-electron chi connectivity index (χ3n) is 5.92. The Morgan fingerprint density at radius 2 is 1.70 bits per heavy atom. The topological polar surface area (TPSA) is 34.0 Å². The van der Waals surface area contributed by atoms with Gasteiger partial charge in [-0.15, -0.1) is 11.8 Å². The van der Waals surface area contributed by atoms with Crippen LogP contribution in [-0.4, -0.2) is 22.3 Å². The molecule has 3 nitrogen and oxygen atoms in total. The number of fused-ring (bicyclic) bond motifs is 1. The molecule has 0 unspecified atom stereocenters. The number of rotatable bonds is 7. The normalized spacial score (nSPS) is 12.5.